The van der Waals surface area contributed by atoms with Crippen LogP contribution < -0.4 is 14.5 Å². The minimum absolute atomic E-state index is 0.235. The van der Waals surface area contributed by atoms with E-state index in [0.717, 1.165) is 36.9 Å². The van der Waals surface area contributed by atoms with E-state index < -0.39 is 10.0 Å². The Balaban J connectivity index is 1.40. The molecule has 1 N–H and O–H groups in total. The monoisotopic (exact) mass is 426 g/mol. The van der Waals surface area contributed by atoms with Crippen molar-refractivity contribution in [2.75, 3.05) is 40.7 Å². The lowest BCUT2D eigenvalue weighted by molar-refractivity contribution is 0.601. The van der Waals surface area contributed by atoms with Gasteiger partial charge in [0.2, 0.25) is 0 Å². The van der Waals surface area contributed by atoms with Crippen molar-refractivity contribution >= 4 is 38.7 Å². The van der Waals surface area contributed by atoms with Gasteiger partial charge in [-0.3, -0.25) is 4.72 Å². The molecule has 0 aromatic heterocycles. The van der Waals surface area contributed by atoms with E-state index in [9.17, 15) is 8.42 Å². The van der Waals surface area contributed by atoms with Gasteiger partial charge in [-0.1, -0.05) is 29.8 Å². The molecule has 1 fully saturated rings. The lowest BCUT2D eigenvalue weighted by atomic mass is 10.2. The maximum absolute atomic E-state index is 12.6. The summed E-state index contributed by atoms with van der Waals surface area (Å²) in [6.45, 7) is 3.53. The first-order valence-corrected chi connectivity index (χ1v) is 11.2. The van der Waals surface area contributed by atoms with Crippen LogP contribution in [-0.2, 0) is 10.0 Å². The molecule has 1 aliphatic rings. The van der Waals surface area contributed by atoms with Gasteiger partial charge in [0.1, 0.15) is 0 Å². The van der Waals surface area contributed by atoms with E-state index in [1.165, 1.54) is 5.69 Å². The molecule has 1 saturated heterocycles. The number of hydrogen-bond donors (Lipinski definition) is 1. The van der Waals surface area contributed by atoms with Gasteiger partial charge in [-0.2, -0.15) is 0 Å². The second kappa shape index (κ2) is 8.35. The van der Waals surface area contributed by atoms with Crippen molar-refractivity contribution in [3.63, 3.8) is 0 Å². The van der Waals surface area contributed by atoms with Gasteiger partial charge < -0.3 is 9.80 Å². The second-order valence-electron chi connectivity index (χ2n) is 6.83. The van der Waals surface area contributed by atoms with Gasteiger partial charge in [0.25, 0.3) is 10.0 Å². The fourth-order valence-electron chi connectivity index (χ4n) is 3.37. The number of halogens is 1. The van der Waals surface area contributed by atoms with Gasteiger partial charge in [-0.25, -0.2) is 8.42 Å². The number of anilines is 3. The first kappa shape index (κ1) is 19.6. The molecule has 1 aliphatic heterocycles. The maximum atomic E-state index is 12.6. The Kier molecular flexibility index (Phi) is 5.65. The van der Waals surface area contributed by atoms with Crippen LogP contribution in [0.25, 0.3) is 0 Å². The summed E-state index contributed by atoms with van der Waals surface area (Å²) in [5.74, 6) is 0. The minimum Gasteiger partial charge on any atom is -0.368 e. The number of nitrogens with zero attached hydrogens (tertiary/aromatic N) is 2. The molecule has 0 amide bonds. The molecular weight excluding hydrogens is 406 g/mol. The van der Waals surface area contributed by atoms with Crippen LogP contribution in [0.1, 0.15) is 0 Å². The van der Waals surface area contributed by atoms with Crippen molar-refractivity contribution in [2.24, 2.45) is 0 Å². The van der Waals surface area contributed by atoms with E-state index in [1.54, 1.807) is 36.4 Å². The number of benzene rings is 3. The van der Waals surface area contributed by atoms with Crippen molar-refractivity contribution in [3.8, 4) is 0 Å². The fourth-order valence-corrected chi connectivity index (χ4v) is 4.53. The number of nitrogens with one attached hydrogen (secondary N) is 1. The average Bonchev–Trinajstić information content (AvgIpc) is 2.75. The summed E-state index contributed by atoms with van der Waals surface area (Å²) in [4.78, 5) is 4.82. The highest BCUT2D eigenvalue weighted by Gasteiger charge is 2.19. The molecule has 3 aromatic carbocycles. The molecular formula is C22H21ClN3O2S. The topological polar surface area (TPSA) is 52.7 Å². The van der Waals surface area contributed by atoms with Crippen LogP contribution in [0, 0.1) is 6.07 Å². The number of piperazine rings is 1. The highest BCUT2D eigenvalue weighted by atomic mass is 35.5. The van der Waals surface area contributed by atoms with Crippen LogP contribution in [0.5, 0.6) is 0 Å². The average molecular weight is 427 g/mol. The summed E-state index contributed by atoms with van der Waals surface area (Å²) in [6.07, 6.45) is 0. The summed E-state index contributed by atoms with van der Waals surface area (Å²) >= 11 is 5.97. The van der Waals surface area contributed by atoms with Crippen molar-refractivity contribution in [1.29, 1.82) is 0 Å². The second-order valence-corrected chi connectivity index (χ2v) is 8.94. The molecule has 1 heterocycles. The van der Waals surface area contributed by atoms with E-state index in [-0.39, 0.29) is 4.90 Å². The first-order valence-electron chi connectivity index (χ1n) is 9.36. The van der Waals surface area contributed by atoms with Crippen LogP contribution in [-0.4, -0.2) is 34.6 Å². The third-order valence-electron chi connectivity index (χ3n) is 4.94. The predicted molar refractivity (Wildman–Crippen MR) is 118 cm³/mol. The number of para-hydroxylation sites is 1. The van der Waals surface area contributed by atoms with Crippen molar-refractivity contribution in [2.45, 2.75) is 4.90 Å². The molecule has 0 atom stereocenters. The molecule has 7 heteroatoms. The van der Waals surface area contributed by atoms with Crippen molar-refractivity contribution in [1.82, 2.24) is 0 Å². The van der Waals surface area contributed by atoms with Crippen molar-refractivity contribution in [3.05, 3.63) is 83.9 Å². The number of rotatable bonds is 5. The van der Waals surface area contributed by atoms with Crippen LogP contribution >= 0.6 is 11.6 Å². The highest BCUT2D eigenvalue weighted by Crippen LogP contribution is 2.24. The van der Waals surface area contributed by atoms with Crippen LogP contribution in [0.15, 0.2) is 77.7 Å². The van der Waals surface area contributed by atoms with Crippen LogP contribution in [0.4, 0.5) is 17.1 Å². The van der Waals surface area contributed by atoms with Gasteiger partial charge >= 0.3 is 0 Å². The summed E-state index contributed by atoms with van der Waals surface area (Å²) in [5, 5.41) is 0.738. The maximum Gasteiger partial charge on any atom is 0.261 e. The zero-order valence-corrected chi connectivity index (χ0v) is 17.3. The Morgan fingerprint density at radius 1 is 0.793 bits per heavy atom. The lowest BCUT2D eigenvalue weighted by Gasteiger charge is -2.37. The molecule has 29 heavy (non-hydrogen) atoms. The van der Waals surface area contributed by atoms with Crippen LogP contribution in [0.2, 0.25) is 5.02 Å². The number of hydrogen-bond acceptors (Lipinski definition) is 4. The van der Waals surface area contributed by atoms with E-state index in [0.29, 0.717) is 5.69 Å². The molecule has 149 valence electrons. The Morgan fingerprint density at radius 2 is 1.34 bits per heavy atom. The van der Waals surface area contributed by atoms with E-state index in [1.807, 2.05) is 36.4 Å². The van der Waals surface area contributed by atoms with Gasteiger partial charge in [0.15, 0.2) is 0 Å². The molecule has 3 aromatic rings. The summed E-state index contributed by atoms with van der Waals surface area (Å²) in [6, 6.07) is 24.7. The predicted octanol–water partition coefficient (Wildman–Crippen LogP) is 4.27. The molecule has 0 spiro atoms. The summed E-state index contributed by atoms with van der Waals surface area (Å²) < 4.78 is 27.7. The lowest BCUT2D eigenvalue weighted by Crippen LogP contribution is -2.46. The quantitative estimate of drug-likeness (QED) is 0.662. The van der Waals surface area contributed by atoms with Crippen molar-refractivity contribution < 1.29 is 8.42 Å². The summed E-state index contributed by atoms with van der Waals surface area (Å²) in [5.41, 5.74) is 2.61. The molecule has 0 unspecified atom stereocenters. The van der Waals surface area contributed by atoms with Gasteiger partial charge in [0.05, 0.1) is 10.6 Å². The first-order chi connectivity index (χ1) is 14.0. The Hall–Kier alpha value is -2.70. The molecule has 4 rings (SSSR count). The Bertz CT molecular complexity index is 1050. The molecule has 5 nitrogen and oxygen atoms in total. The minimum atomic E-state index is -3.63. The van der Waals surface area contributed by atoms with Crippen LogP contribution in [0.3, 0.4) is 0 Å². The fraction of sp³-hybridized carbons (Fsp3) is 0.182. The number of sulfonamides is 1. The SMILES string of the molecule is O=S(=O)(Nc1[c]cccc1)c1ccc(N2CCN(c3ccc(Cl)cc3)CC2)cc1. The van der Waals surface area contributed by atoms with Gasteiger partial charge in [0, 0.05) is 48.6 Å². The van der Waals surface area contributed by atoms with E-state index in [4.69, 9.17) is 11.6 Å². The highest BCUT2D eigenvalue weighted by molar-refractivity contribution is 7.92. The van der Waals surface area contributed by atoms with E-state index in [2.05, 4.69) is 20.6 Å². The molecule has 1 radical (unpaired) electrons. The molecule has 0 aliphatic carbocycles. The van der Waals surface area contributed by atoms with Gasteiger partial charge in [-0.05, 0) is 54.6 Å². The third-order valence-corrected chi connectivity index (χ3v) is 6.57. The third kappa shape index (κ3) is 4.66. The van der Waals surface area contributed by atoms with E-state index >= 15 is 0 Å². The largest absolute Gasteiger partial charge is 0.368 e. The smallest absolute Gasteiger partial charge is 0.261 e. The Morgan fingerprint density at radius 3 is 1.86 bits per heavy atom. The zero-order chi connectivity index (χ0) is 20.3. The Labute approximate surface area is 176 Å². The van der Waals surface area contributed by atoms with Gasteiger partial charge in [-0.15, -0.1) is 0 Å². The zero-order valence-electron chi connectivity index (χ0n) is 15.8. The molecule has 0 saturated carbocycles. The molecule has 0 bridgehead atoms. The normalized spacial score (nSPS) is 14.7. The summed E-state index contributed by atoms with van der Waals surface area (Å²) in [7, 11) is -3.63. The standard InChI is InChI=1S/C22H21ClN3O2S/c23-18-6-8-20(9-7-18)25-14-16-26(17-15-25)21-10-12-22(13-11-21)29(27,28)24-19-4-2-1-3-5-19/h1-4,6-13,24H,14-17H2.